The summed E-state index contributed by atoms with van der Waals surface area (Å²) in [5, 5.41) is 3.02. The van der Waals surface area contributed by atoms with Crippen molar-refractivity contribution >= 4 is 0 Å². The minimum absolute atomic E-state index is 0.952. The Balaban J connectivity index is 3.13. The quantitative estimate of drug-likeness (QED) is 0.564. The molecule has 0 spiro atoms. The van der Waals surface area contributed by atoms with Gasteiger partial charge in [-0.25, -0.2) is 0 Å². The van der Waals surface area contributed by atoms with Gasteiger partial charge in [-0.2, -0.15) is 0 Å². The Morgan fingerprint density at radius 2 is 1.89 bits per heavy atom. The number of hydrogen-bond acceptors (Lipinski definition) is 1. The van der Waals surface area contributed by atoms with Crippen LogP contribution < -0.4 is 5.32 Å². The molecule has 0 aromatic carbocycles. The maximum Gasteiger partial charge on any atom is 0.0134 e. The average Bonchev–Trinajstić information content (AvgIpc) is 1.89. The highest BCUT2D eigenvalue weighted by Gasteiger charge is 1.65. The minimum Gasteiger partial charge on any atom is -0.316 e. The van der Waals surface area contributed by atoms with Crippen LogP contribution in [-0.2, 0) is 0 Å². The molecule has 1 nitrogen and oxygen atoms in total. The van der Waals surface area contributed by atoms with Gasteiger partial charge in [-0.15, -0.1) is 0 Å². The van der Waals surface area contributed by atoms with Crippen LogP contribution in [0.3, 0.4) is 0 Å². The molecule has 52 valence electrons. The van der Waals surface area contributed by atoms with Gasteiger partial charge < -0.3 is 5.32 Å². The van der Waals surface area contributed by atoms with E-state index in [-0.39, 0.29) is 0 Å². The van der Waals surface area contributed by atoms with Gasteiger partial charge in [0.05, 0.1) is 0 Å². The topological polar surface area (TPSA) is 12.0 Å². The maximum atomic E-state index is 3.02. The van der Waals surface area contributed by atoms with Gasteiger partial charge in [-0.1, -0.05) is 31.2 Å². The van der Waals surface area contributed by atoms with Crippen LogP contribution in [-0.4, -0.2) is 13.6 Å². The molecule has 0 saturated carbocycles. The van der Waals surface area contributed by atoms with Gasteiger partial charge >= 0.3 is 0 Å². The first-order chi connectivity index (χ1) is 4.41. The van der Waals surface area contributed by atoms with Crippen LogP contribution in [0, 0.1) is 0 Å². The molecule has 0 bridgehead atoms. The van der Waals surface area contributed by atoms with E-state index in [1.807, 2.05) is 7.05 Å². The van der Waals surface area contributed by atoms with Gasteiger partial charge in [0.25, 0.3) is 0 Å². The third kappa shape index (κ3) is 7.44. The molecule has 0 rings (SSSR count). The van der Waals surface area contributed by atoms with E-state index >= 15 is 0 Å². The van der Waals surface area contributed by atoms with E-state index in [9.17, 15) is 0 Å². The predicted molar refractivity (Wildman–Crippen MR) is 42.5 cm³/mol. The zero-order valence-electron chi connectivity index (χ0n) is 6.22. The van der Waals surface area contributed by atoms with Crippen molar-refractivity contribution < 1.29 is 0 Å². The molecule has 1 heteroatoms. The molecular formula is C8H15N. The van der Waals surface area contributed by atoms with E-state index < -0.39 is 0 Å². The standard InChI is InChI=1S/C8H15N/c1-3-4-5-6-7-8-9-2/h4-7,9H,3,8H2,1-2H3/b5-4+,7-6+. The second kappa shape index (κ2) is 7.44. The Labute approximate surface area is 57.5 Å². The summed E-state index contributed by atoms with van der Waals surface area (Å²) in [5.74, 6) is 0. The smallest absolute Gasteiger partial charge is 0.0134 e. The molecule has 0 atom stereocenters. The third-order valence-electron chi connectivity index (χ3n) is 0.941. The number of rotatable bonds is 4. The molecular weight excluding hydrogens is 110 g/mol. The van der Waals surface area contributed by atoms with Gasteiger partial charge in [0.2, 0.25) is 0 Å². The lowest BCUT2D eigenvalue weighted by Crippen LogP contribution is -2.03. The number of allylic oxidation sites excluding steroid dienone is 3. The van der Waals surface area contributed by atoms with E-state index in [4.69, 9.17) is 0 Å². The zero-order chi connectivity index (χ0) is 6.95. The molecule has 0 saturated heterocycles. The Hall–Kier alpha value is -0.560. The number of nitrogens with one attached hydrogen (secondary N) is 1. The maximum absolute atomic E-state index is 3.02. The van der Waals surface area contributed by atoms with Crippen molar-refractivity contribution in [1.82, 2.24) is 5.32 Å². The van der Waals surface area contributed by atoms with Crippen molar-refractivity contribution in [3.05, 3.63) is 24.3 Å². The van der Waals surface area contributed by atoms with Crippen LogP contribution in [0.15, 0.2) is 24.3 Å². The van der Waals surface area contributed by atoms with Crippen molar-refractivity contribution in [3.63, 3.8) is 0 Å². The van der Waals surface area contributed by atoms with Crippen LogP contribution in [0.4, 0.5) is 0 Å². The summed E-state index contributed by atoms with van der Waals surface area (Å²) in [6.45, 7) is 3.08. The summed E-state index contributed by atoms with van der Waals surface area (Å²) in [6.07, 6.45) is 9.46. The molecule has 0 radical (unpaired) electrons. The van der Waals surface area contributed by atoms with Crippen LogP contribution in [0.5, 0.6) is 0 Å². The number of likely N-dealkylation sites (N-methyl/N-ethyl adjacent to an activating group) is 1. The molecule has 0 aromatic rings. The monoisotopic (exact) mass is 125 g/mol. The van der Waals surface area contributed by atoms with E-state index in [0.29, 0.717) is 0 Å². The summed E-state index contributed by atoms with van der Waals surface area (Å²) >= 11 is 0. The Bertz CT molecular complexity index is 92.7. The van der Waals surface area contributed by atoms with Gasteiger partial charge in [-0.05, 0) is 13.5 Å². The summed E-state index contributed by atoms with van der Waals surface area (Å²) in [5.41, 5.74) is 0. The SMILES string of the molecule is CC/C=C/C=C/CNC. The lowest BCUT2D eigenvalue weighted by atomic mass is 10.4. The van der Waals surface area contributed by atoms with Gasteiger partial charge in [0.15, 0.2) is 0 Å². The summed E-state index contributed by atoms with van der Waals surface area (Å²) < 4.78 is 0. The van der Waals surface area contributed by atoms with E-state index in [0.717, 1.165) is 13.0 Å². The van der Waals surface area contributed by atoms with E-state index in [1.54, 1.807) is 0 Å². The third-order valence-corrected chi connectivity index (χ3v) is 0.941. The summed E-state index contributed by atoms with van der Waals surface area (Å²) in [6, 6.07) is 0. The second-order valence-corrected chi connectivity index (χ2v) is 1.82. The van der Waals surface area contributed by atoms with Crippen molar-refractivity contribution in [2.24, 2.45) is 0 Å². The van der Waals surface area contributed by atoms with Crippen molar-refractivity contribution in [2.75, 3.05) is 13.6 Å². The lowest BCUT2D eigenvalue weighted by Gasteiger charge is -1.83. The van der Waals surface area contributed by atoms with Crippen LogP contribution in [0.25, 0.3) is 0 Å². The van der Waals surface area contributed by atoms with Crippen molar-refractivity contribution in [3.8, 4) is 0 Å². The molecule has 0 aliphatic carbocycles. The summed E-state index contributed by atoms with van der Waals surface area (Å²) in [7, 11) is 1.94. The fraction of sp³-hybridized carbons (Fsp3) is 0.500. The molecule has 0 unspecified atom stereocenters. The second-order valence-electron chi connectivity index (χ2n) is 1.82. The highest BCUT2D eigenvalue weighted by molar-refractivity contribution is 5.02. The van der Waals surface area contributed by atoms with Gasteiger partial charge in [-0.3, -0.25) is 0 Å². The van der Waals surface area contributed by atoms with Crippen molar-refractivity contribution in [1.29, 1.82) is 0 Å². The molecule has 0 aromatic heterocycles. The van der Waals surface area contributed by atoms with Crippen molar-refractivity contribution in [2.45, 2.75) is 13.3 Å². The van der Waals surface area contributed by atoms with Gasteiger partial charge in [0, 0.05) is 6.54 Å². The van der Waals surface area contributed by atoms with Crippen LogP contribution in [0.1, 0.15) is 13.3 Å². The molecule has 0 fully saturated rings. The Kier molecular flexibility index (Phi) is 6.98. The largest absolute Gasteiger partial charge is 0.316 e. The van der Waals surface area contributed by atoms with Gasteiger partial charge in [0.1, 0.15) is 0 Å². The first-order valence-corrected chi connectivity index (χ1v) is 3.38. The Morgan fingerprint density at radius 3 is 2.44 bits per heavy atom. The normalized spacial score (nSPS) is 11.8. The molecule has 1 N–H and O–H groups in total. The fourth-order valence-corrected chi connectivity index (χ4v) is 0.479. The highest BCUT2D eigenvalue weighted by Crippen LogP contribution is 1.80. The van der Waals surface area contributed by atoms with Crippen LogP contribution in [0.2, 0.25) is 0 Å². The summed E-state index contributed by atoms with van der Waals surface area (Å²) in [4.78, 5) is 0. The predicted octanol–water partition coefficient (Wildman–Crippen LogP) is 1.73. The zero-order valence-corrected chi connectivity index (χ0v) is 6.22. The lowest BCUT2D eigenvalue weighted by molar-refractivity contribution is 0.919. The Morgan fingerprint density at radius 1 is 1.22 bits per heavy atom. The molecule has 9 heavy (non-hydrogen) atoms. The van der Waals surface area contributed by atoms with E-state index in [1.165, 1.54) is 0 Å². The average molecular weight is 125 g/mol. The van der Waals surface area contributed by atoms with Crippen LogP contribution >= 0.6 is 0 Å². The molecule has 0 aliphatic rings. The molecule has 0 amide bonds. The fourth-order valence-electron chi connectivity index (χ4n) is 0.479. The molecule has 0 heterocycles. The number of hydrogen-bond donors (Lipinski definition) is 1. The first kappa shape index (κ1) is 8.44. The minimum atomic E-state index is 0.952. The molecule has 0 aliphatic heterocycles. The van der Waals surface area contributed by atoms with E-state index in [2.05, 4.69) is 36.5 Å². The first-order valence-electron chi connectivity index (χ1n) is 3.38. The highest BCUT2D eigenvalue weighted by atomic mass is 14.8.